The molecule has 61 heavy (non-hydrogen) atoms. The van der Waals surface area contributed by atoms with Gasteiger partial charge in [-0.25, -0.2) is 0 Å². The van der Waals surface area contributed by atoms with E-state index < -0.39 is 0 Å². The lowest BCUT2D eigenvalue weighted by Crippen LogP contribution is -2.63. The number of carbonyl (C=O) groups excluding carboxylic acids is 1. The maximum atomic E-state index is 13.0. The van der Waals surface area contributed by atoms with Crippen LogP contribution in [-0.2, 0) is 9.53 Å². The van der Waals surface area contributed by atoms with Gasteiger partial charge >= 0.3 is 5.97 Å². The van der Waals surface area contributed by atoms with Gasteiger partial charge in [0.2, 0.25) is 0 Å². The number of ether oxygens (including phenoxy) is 1. The first-order valence-electron chi connectivity index (χ1n) is 27.3. The molecule has 3 rings (SSSR count). The molecule has 3 aliphatic rings. The summed E-state index contributed by atoms with van der Waals surface area (Å²) in [5.74, 6) is 0.797. The van der Waals surface area contributed by atoms with E-state index in [4.69, 9.17) is 4.74 Å². The van der Waals surface area contributed by atoms with Crippen LogP contribution in [0.5, 0.6) is 0 Å². The van der Waals surface area contributed by atoms with Crippen molar-refractivity contribution in [2.75, 3.05) is 0 Å². The zero-order valence-electron chi connectivity index (χ0n) is 50.7. The molecule has 0 spiro atoms. The lowest BCUT2D eigenvalue weighted by atomic mass is 9.36. The Morgan fingerprint density at radius 1 is 0.475 bits per heavy atom. The molecular formula is C59H132O2. The predicted molar refractivity (Wildman–Crippen MR) is 290 cm³/mol. The number of carbonyl (C=O) groups is 1. The molecule has 0 amide bonds. The van der Waals surface area contributed by atoms with Gasteiger partial charge < -0.3 is 4.74 Å². The molecule has 5 atom stereocenters. The second kappa shape index (κ2) is 36.7. The van der Waals surface area contributed by atoms with Crippen LogP contribution in [0.15, 0.2) is 0 Å². The van der Waals surface area contributed by atoms with Crippen molar-refractivity contribution in [1.29, 1.82) is 0 Å². The molecule has 0 heterocycles. The third-order valence-corrected chi connectivity index (χ3v) is 15.1. The average Bonchev–Trinajstić information content (AvgIpc) is 3.22. The first-order valence-corrected chi connectivity index (χ1v) is 27.3. The van der Waals surface area contributed by atoms with Crippen LogP contribution in [0.4, 0.5) is 0 Å². The lowest BCUT2D eigenvalue weighted by Gasteiger charge is -2.69. The molecule has 0 saturated heterocycles. The maximum absolute atomic E-state index is 13.0. The van der Waals surface area contributed by atoms with E-state index in [1.54, 1.807) is 0 Å². The van der Waals surface area contributed by atoms with E-state index in [2.05, 4.69) is 125 Å². The molecule has 380 valence electrons. The Morgan fingerprint density at radius 2 is 0.852 bits per heavy atom. The Bertz CT molecular complexity index is 965. The zero-order chi connectivity index (χ0) is 51.7. The van der Waals surface area contributed by atoms with Crippen LogP contribution in [0, 0.1) is 55.2 Å². The van der Waals surface area contributed by atoms with E-state index >= 15 is 0 Å². The van der Waals surface area contributed by atoms with Gasteiger partial charge in [0.05, 0.1) is 5.92 Å². The standard InChI is InChI=1S/C29H54O2.C12H24.9C2H6/c1-13-15-22(14-2)23(30)31-27(10)16-17-28(11,26(8,9)20-27)29(12)18-21(3)24(4,5)19-25(29,6)7;1-10(2)7-8-11(3,4)12(5,6)9-10;9*1-2/h21-22H,13-20H2,1-12H3;7-9H2,1-6H3;9*1-2H3. The van der Waals surface area contributed by atoms with Crippen molar-refractivity contribution in [3.05, 3.63) is 0 Å². The predicted octanol–water partition coefficient (Wildman–Crippen LogP) is 22.3. The van der Waals surface area contributed by atoms with Gasteiger partial charge in [-0.3, -0.25) is 4.79 Å². The number of rotatable bonds is 6. The normalized spacial score (nSPS) is 27.5. The molecule has 0 aromatic rings. The van der Waals surface area contributed by atoms with Crippen molar-refractivity contribution >= 4 is 5.97 Å². The third-order valence-electron chi connectivity index (χ3n) is 15.1. The van der Waals surface area contributed by atoms with Crippen LogP contribution in [0.1, 0.15) is 320 Å². The fraction of sp³-hybridized carbons (Fsp3) is 0.983. The molecule has 0 radical (unpaired) electrons. The summed E-state index contributed by atoms with van der Waals surface area (Å²) < 4.78 is 6.30. The highest BCUT2D eigenvalue weighted by molar-refractivity contribution is 5.72. The Hall–Kier alpha value is -0.530. The van der Waals surface area contributed by atoms with Crippen LogP contribution in [0.3, 0.4) is 0 Å². The number of esters is 1. The number of hydrogen-bond donors (Lipinski definition) is 0. The lowest BCUT2D eigenvalue weighted by molar-refractivity contribution is -0.224. The smallest absolute Gasteiger partial charge is 0.309 e. The summed E-state index contributed by atoms with van der Waals surface area (Å²) in [6, 6.07) is 0. The topological polar surface area (TPSA) is 26.3 Å². The Labute approximate surface area is 394 Å². The second-order valence-electron chi connectivity index (χ2n) is 20.8. The molecule has 5 unspecified atom stereocenters. The van der Waals surface area contributed by atoms with E-state index in [-0.39, 0.29) is 39.1 Å². The van der Waals surface area contributed by atoms with E-state index in [0.29, 0.717) is 27.6 Å². The van der Waals surface area contributed by atoms with Gasteiger partial charge in [0.25, 0.3) is 0 Å². The van der Waals surface area contributed by atoms with E-state index in [0.717, 1.165) is 38.5 Å². The Balaban J connectivity index is -0.000000129. The molecule has 0 aliphatic heterocycles. The molecule has 2 nitrogen and oxygen atoms in total. The fourth-order valence-corrected chi connectivity index (χ4v) is 10.5. The molecule has 3 aliphatic carbocycles. The van der Waals surface area contributed by atoms with Crippen LogP contribution >= 0.6 is 0 Å². The minimum Gasteiger partial charge on any atom is -0.459 e. The van der Waals surface area contributed by atoms with E-state index in [1.165, 1.54) is 32.1 Å². The van der Waals surface area contributed by atoms with Gasteiger partial charge in [-0.1, -0.05) is 249 Å². The van der Waals surface area contributed by atoms with E-state index in [1.807, 2.05) is 125 Å². The Morgan fingerprint density at radius 3 is 1.16 bits per heavy atom. The van der Waals surface area contributed by atoms with Gasteiger partial charge in [-0.05, 0) is 120 Å². The van der Waals surface area contributed by atoms with Crippen LogP contribution in [0.2, 0.25) is 0 Å². The fourth-order valence-electron chi connectivity index (χ4n) is 10.5. The summed E-state index contributed by atoms with van der Waals surface area (Å²) in [6.07, 6.45) is 12.6. The highest BCUT2D eigenvalue weighted by Crippen LogP contribution is 2.72. The van der Waals surface area contributed by atoms with Crippen LogP contribution < -0.4 is 0 Å². The number of hydrogen-bond acceptors (Lipinski definition) is 2. The van der Waals surface area contributed by atoms with Crippen LogP contribution in [0.25, 0.3) is 0 Å². The first kappa shape index (κ1) is 77.7. The molecule has 2 heteroatoms. The molecule has 0 aromatic heterocycles. The summed E-state index contributed by atoms with van der Waals surface area (Å²) in [5.41, 5.74) is 2.47. The first-order chi connectivity index (χ1) is 28.1. The van der Waals surface area contributed by atoms with Crippen molar-refractivity contribution in [3.8, 4) is 0 Å². The average molecular weight is 874 g/mol. The van der Waals surface area contributed by atoms with Crippen molar-refractivity contribution in [2.45, 2.75) is 325 Å². The summed E-state index contributed by atoms with van der Waals surface area (Å²) in [7, 11) is 0. The molecule has 0 aromatic carbocycles. The third kappa shape index (κ3) is 23.0. The van der Waals surface area contributed by atoms with Crippen molar-refractivity contribution in [3.63, 3.8) is 0 Å². The van der Waals surface area contributed by atoms with Gasteiger partial charge in [-0.15, -0.1) is 0 Å². The SMILES string of the molecule is CC.CC.CC.CC.CC.CC.CC.CC.CC.CC1(C)CCC(C)(C)C(C)(C)C1.CCCC(CC)C(=O)OC1(C)CCC(C)(C2(C)CC(C)C(C)(C)CC2(C)C)C(C)(C)C1. The zero-order valence-corrected chi connectivity index (χ0v) is 50.7. The van der Waals surface area contributed by atoms with Gasteiger partial charge in [0.1, 0.15) is 5.60 Å². The summed E-state index contributed by atoms with van der Waals surface area (Å²) in [5, 5.41) is 0. The summed E-state index contributed by atoms with van der Waals surface area (Å²) in [6.45, 7) is 79.5. The molecule has 0 bridgehead atoms. The highest BCUT2D eigenvalue weighted by Gasteiger charge is 2.65. The van der Waals surface area contributed by atoms with Gasteiger partial charge in [0, 0.05) is 0 Å². The van der Waals surface area contributed by atoms with Crippen LogP contribution in [-0.4, -0.2) is 11.6 Å². The monoisotopic (exact) mass is 873 g/mol. The van der Waals surface area contributed by atoms with Crippen molar-refractivity contribution in [1.82, 2.24) is 0 Å². The minimum absolute atomic E-state index is 0.0332. The Kier molecular flexibility index (Phi) is 46.7. The molecule has 3 saturated carbocycles. The quantitative estimate of drug-likeness (QED) is 0.249. The molecular weight excluding hydrogens is 741 g/mol. The van der Waals surface area contributed by atoms with Crippen molar-refractivity contribution < 1.29 is 9.53 Å². The van der Waals surface area contributed by atoms with Gasteiger partial charge in [0.15, 0.2) is 0 Å². The molecule has 0 N–H and O–H groups in total. The highest BCUT2D eigenvalue weighted by atomic mass is 16.6. The summed E-state index contributed by atoms with van der Waals surface area (Å²) in [4.78, 5) is 13.0. The largest absolute Gasteiger partial charge is 0.459 e. The molecule has 3 fully saturated rings. The second-order valence-corrected chi connectivity index (χ2v) is 20.8. The minimum atomic E-state index is -0.346. The maximum Gasteiger partial charge on any atom is 0.309 e. The summed E-state index contributed by atoms with van der Waals surface area (Å²) >= 11 is 0. The van der Waals surface area contributed by atoms with E-state index in [9.17, 15) is 4.79 Å². The van der Waals surface area contributed by atoms with Gasteiger partial charge in [-0.2, -0.15) is 0 Å². The van der Waals surface area contributed by atoms with Crippen molar-refractivity contribution in [2.24, 2.45) is 55.2 Å².